The van der Waals surface area contributed by atoms with Crippen molar-refractivity contribution < 1.29 is 5.11 Å². The summed E-state index contributed by atoms with van der Waals surface area (Å²) in [5.41, 5.74) is 3.04. The lowest BCUT2D eigenvalue weighted by molar-refractivity contribution is 0.270. The van der Waals surface area contributed by atoms with Gasteiger partial charge in [-0.05, 0) is 43.9 Å². The number of aliphatic hydroxyl groups is 1. The van der Waals surface area contributed by atoms with Gasteiger partial charge in [-0.25, -0.2) is 4.98 Å². The van der Waals surface area contributed by atoms with Crippen molar-refractivity contribution in [3.05, 3.63) is 29.6 Å². The van der Waals surface area contributed by atoms with Gasteiger partial charge < -0.3 is 9.67 Å². The van der Waals surface area contributed by atoms with Crippen LogP contribution in [-0.2, 0) is 13.2 Å². The Bertz CT molecular complexity index is 526. The lowest BCUT2D eigenvalue weighted by atomic mass is 10.3. The second-order valence-corrected chi connectivity index (χ2v) is 4.71. The van der Waals surface area contributed by atoms with Gasteiger partial charge in [-0.15, -0.1) is 0 Å². The lowest BCUT2D eigenvalue weighted by Crippen LogP contribution is -2.05. The minimum absolute atomic E-state index is 0.0993. The maximum atomic E-state index is 9.37. The first-order valence-electron chi connectivity index (χ1n) is 5.84. The third-order valence-electron chi connectivity index (χ3n) is 3.27. The molecule has 84 valence electrons. The molecule has 2 aromatic rings. The van der Waals surface area contributed by atoms with E-state index in [1.807, 2.05) is 19.1 Å². The largest absolute Gasteiger partial charge is 0.390 e. The van der Waals surface area contributed by atoms with Crippen molar-refractivity contribution in [3.63, 3.8) is 0 Å². The van der Waals surface area contributed by atoms with E-state index in [0.717, 1.165) is 34.9 Å². The molecule has 1 saturated carbocycles. The van der Waals surface area contributed by atoms with Gasteiger partial charge in [-0.2, -0.15) is 0 Å². The molecular formula is C13H16N2O. The fraction of sp³-hybridized carbons (Fsp3) is 0.462. The summed E-state index contributed by atoms with van der Waals surface area (Å²) in [5.74, 6) is 0.795. The third-order valence-corrected chi connectivity index (χ3v) is 3.27. The van der Waals surface area contributed by atoms with Crippen molar-refractivity contribution in [2.24, 2.45) is 5.92 Å². The minimum atomic E-state index is 0.0993. The van der Waals surface area contributed by atoms with Gasteiger partial charge in [0, 0.05) is 23.3 Å². The Labute approximate surface area is 94.7 Å². The van der Waals surface area contributed by atoms with E-state index in [-0.39, 0.29) is 6.61 Å². The number of pyridine rings is 1. The van der Waals surface area contributed by atoms with Crippen LogP contribution in [0.15, 0.2) is 18.2 Å². The highest BCUT2D eigenvalue weighted by atomic mass is 16.3. The van der Waals surface area contributed by atoms with Gasteiger partial charge >= 0.3 is 0 Å². The smallest absolute Gasteiger partial charge is 0.140 e. The molecular weight excluding hydrogens is 200 g/mol. The quantitative estimate of drug-likeness (QED) is 0.854. The second kappa shape index (κ2) is 3.59. The van der Waals surface area contributed by atoms with E-state index in [1.165, 1.54) is 12.8 Å². The van der Waals surface area contributed by atoms with Crippen LogP contribution in [0.25, 0.3) is 11.0 Å². The number of hydrogen-bond acceptors (Lipinski definition) is 2. The van der Waals surface area contributed by atoms with Crippen LogP contribution in [0.2, 0.25) is 0 Å². The van der Waals surface area contributed by atoms with Crippen LogP contribution in [0.5, 0.6) is 0 Å². The van der Waals surface area contributed by atoms with Crippen molar-refractivity contribution in [2.75, 3.05) is 0 Å². The highest BCUT2D eigenvalue weighted by Gasteiger charge is 2.23. The van der Waals surface area contributed by atoms with Crippen molar-refractivity contribution in [2.45, 2.75) is 32.9 Å². The molecule has 0 aliphatic heterocycles. The summed E-state index contributed by atoms with van der Waals surface area (Å²) in [6, 6.07) is 6.15. The van der Waals surface area contributed by atoms with Crippen LogP contribution >= 0.6 is 0 Å². The second-order valence-electron chi connectivity index (χ2n) is 4.71. The number of aromatic nitrogens is 2. The summed E-state index contributed by atoms with van der Waals surface area (Å²) in [6.45, 7) is 3.12. The van der Waals surface area contributed by atoms with Crippen LogP contribution in [-0.4, -0.2) is 14.7 Å². The van der Waals surface area contributed by atoms with Gasteiger partial charge in [0.25, 0.3) is 0 Å². The molecule has 0 amide bonds. The Kier molecular flexibility index (Phi) is 2.21. The maximum Gasteiger partial charge on any atom is 0.140 e. The number of nitrogens with zero attached hydrogens (tertiary/aromatic N) is 2. The molecule has 0 bridgehead atoms. The lowest BCUT2D eigenvalue weighted by Gasteiger charge is -2.07. The predicted molar refractivity (Wildman–Crippen MR) is 63.1 cm³/mol. The first-order chi connectivity index (χ1) is 7.78. The summed E-state index contributed by atoms with van der Waals surface area (Å²) >= 11 is 0. The van der Waals surface area contributed by atoms with Crippen LogP contribution < -0.4 is 0 Å². The Balaban J connectivity index is 2.15. The summed E-state index contributed by atoms with van der Waals surface area (Å²) in [6.07, 6.45) is 2.63. The Morgan fingerprint density at radius 3 is 2.94 bits per heavy atom. The topological polar surface area (TPSA) is 38.0 Å². The van der Waals surface area contributed by atoms with Crippen molar-refractivity contribution in [1.29, 1.82) is 0 Å². The Hall–Kier alpha value is -1.35. The molecule has 1 N–H and O–H groups in total. The number of aryl methyl sites for hydroxylation is 1. The molecule has 2 aromatic heterocycles. The highest BCUT2D eigenvalue weighted by molar-refractivity contribution is 5.77. The average molecular weight is 216 g/mol. The molecule has 2 heterocycles. The summed E-state index contributed by atoms with van der Waals surface area (Å²) < 4.78 is 2.18. The Morgan fingerprint density at radius 2 is 2.25 bits per heavy atom. The minimum Gasteiger partial charge on any atom is -0.390 e. The van der Waals surface area contributed by atoms with E-state index in [4.69, 9.17) is 0 Å². The summed E-state index contributed by atoms with van der Waals surface area (Å²) in [4.78, 5) is 4.58. The zero-order valence-electron chi connectivity index (χ0n) is 9.48. The van der Waals surface area contributed by atoms with Gasteiger partial charge in [-0.1, -0.05) is 0 Å². The molecule has 0 saturated heterocycles. The number of aliphatic hydroxyl groups excluding tert-OH is 1. The van der Waals surface area contributed by atoms with Crippen LogP contribution in [0, 0.1) is 12.8 Å². The number of rotatable bonds is 3. The fourth-order valence-corrected chi connectivity index (χ4v) is 2.17. The summed E-state index contributed by atoms with van der Waals surface area (Å²) in [7, 11) is 0. The SMILES string of the molecule is Cc1ccc2cc(CO)n(CC3CC3)c2n1. The van der Waals surface area contributed by atoms with Crippen LogP contribution in [0.3, 0.4) is 0 Å². The molecule has 0 unspecified atom stereocenters. The zero-order valence-corrected chi connectivity index (χ0v) is 9.48. The molecule has 0 radical (unpaired) electrons. The standard InChI is InChI=1S/C13H16N2O/c1-9-2-5-11-6-12(8-16)15(13(11)14-9)7-10-3-4-10/h2,5-6,10,16H,3-4,7-8H2,1H3. The fourth-order valence-electron chi connectivity index (χ4n) is 2.17. The van der Waals surface area contributed by atoms with Crippen LogP contribution in [0.4, 0.5) is 0 Å². The van der Waals surface area contributed by atoms with E-state index >= 15 is 0 Å². The summed E-state index contributed by atoms with van der Waals surface area (Å²) in [5, 5.41) is 10.5. The van der Waals surface area contributed by atoms with E-state index < -0.39 is 0 Å². The molecule has 1 aliphatic carbocycles. The van der Waals surface area contributed by atoms with Gasteiger partial charge in [-0.3, -0.25) is 0 Å². The van der Waals surface area contributed by atoms with Crippen molar-refractivity contribution >= 4 is 11.0 Å². The average Bonchev–Trinajstić information content (AvgIpc) is 3.02. The van der Waals surface area contributed by atoms with E-state index in [2.05, 4.69) is 15.6 Å². The zero-order chi connectivity index (χ0) is 11.1. The molecule has 1 fully saturated rings. The molecule has 3 heteroatoms. The number of hydrogen-bond donors (Lipinski definition) is 1. The van der Waals surface area contributed by atoms with Crippen molar-refractivity contribution in [1.82, 2.24) is 9.55 Å². The molecule has 1 aliphatic rings. The van der Waals surface area contributed by atoms with E-state index in [0.29, 0.717) is 0 Å². The number of fused-ring (bicyclic) bond motifs is 1. The van der Waals surface area contributed by atoms with Gasteiger partial charge in [0.1, 0.15) is 5.65 Å². The van der Waals surface area contributed by atoms with Gasteiger partial charge in [0.2, 0.25) is 0 Å². The molecule has 0 spiro atoms. The molecule has 3 nitrogen and oxygen atoms in total. The van der Waals surface area contributed by atoms with Crippen molar-refractivity contribution in [3.8, 4) is 0 Å². The molecule has 3 rings (SSSR count). The predicted octanol–water partition coefficient (Wildman–Crippen LogP) is 2.25. The first kappa shape index (κ1) is 9.85. The Morgan fingerprint density at radius 1 is 1.44 bits per heavy atom. The molecule has 0 atom stereocenters. The van der Waals surface area contributed by atoms with Gasteiger partial charge in [0.15, 0.2) is 0 Å². The first-order valence-corrected chi connectivity index (χ1v) is 5.84. The van der Waals surface area contributed by atoms with Gasteiger partial charge in [0.05, 0.1) is 6.61 Å². The third kappa shape index (κ3) is 1.61. The molecule has 16 heavy (non-hydrogen) atoms. The molecule has 0 aromatic carbocycles. The normalized spacial score (nSPS) is 15.9. The van der Waals surface area contributed by atoms with Crippen LogP contribution in [0.1, 0.15) is 24.2 Å². The van der Waals surface area contributed by atoms with E-state index in [9.17, 15) is 5.11 Å². The van der Waals surface area contributed by atoms with E-state index in [1.54, 1.807) is 0 Å². The monoisotopic (exact) mass is 216 g/mol. The maximum absolute atomic E-state index is 9.37. The highest BCUT2D eigenvalue weighted by Crippen LogP contribution is 2.32.